The summed E-state index contributed by atoms with van der Waals surface area (Å²) in [7, 11) is -0.584. The Balaban J connectivity index is 1.84. The Bertz CT molecular complexity index is 976. The second-order valence-electron chi connectivity index (χ2n) is 6.29. The minimum Gasteiger partial charge on any atom is -0.312 e. The number of carbonyl (C=O) groups is 1. The third kappa shape index (κ3) is 3.47. The van der Waals surface area contributed by atoms with Gasteiger partial charge in [-0.3, -0.25) is 4.79 Å². The Morgan fingerprint density at radius 3 is 2.62 bits per heavy atom. The topological polar surface area (TPSA) is 57.7 Å². The summed E-state index contributed by atoms with van der Waals surface area (Å²) in [5, 5.41) is 0.278. The highest BCUT2D eigenvalue weighted by Crippen LogP contribution is 2.31. The van der Waals surface area contributed by atoms with Crippen LogP contribution in [0.4, 0.5) is 10.1 Å². The van der Waals surface area contributed by atoms with E-state index in [2.05, 4.69) is 0 Å². The van der Waals surface area contributed by atoms with Gasteiger partial charge in [-0.1, -0.05) is 17.7 Å². The first-order chi connectivity index (χ1) is 12.2. The maximum Gasteiger partial charge on any atom is 0.242 e. The molecule has 3 rings (SSSR count). The summed E-state index contributed by atoms with van der Waals surface area (Å²) < 4.78 is 39.6. The molecule has 2 aromatic rings. The largest absolute Gasteiger partial charge is 0.312 e. The molecule has 0 bridgehead atoms. The van der Waals surface area contributed by atoms with E-state index in [1.807, 2.05) is 0 Å². The van der Waals surface area contributed by atoms with Crippen molar-refractivity contribution in [1.82, 2.24) is 4.31 Å². The summed E-state index contributed by atoms with van der Waals surface area (Å²) in [5.74, 6) is -0.758. The second-order valence-corrected chi connectivity index (χ2v) is 8.87. The first kappa shape index (κ1) is 18.8. The van der Waals surface area contributed by atoms with Crippen LogP contribution in [0.3, 0.4) is 0 Å². The molecule has 0 N–H and O–H groups in total. The molecule has 0 unspecified atom stereocenters. The molecular weight excluding hydrogens is 379 g/mol. The number of carbonyl (C=O) groups excluding carboxylic acids is 1. The van der Waals surface area contributed by atoms with Crippen molar-refractivity contribution >= 4 is 33.2 Å². The third-order valence-electron chi connectivity index (χ3n) is 4.38. The number of rotatable bonds is 4. The Morgan fingerprint density at radius 1 is 1.23 bits per heavy atom. The Morgan fingerprint density at radius 2 is 1.96 bits per heavy atom. The molecule has 0 aliphatic carbocycles. The molecule has 0 saturated heterocycles. The van der Waals surface area contributed by atoms with Gasteiger partial charge in [0.15, 0.2) is 0 Å². The van der Waals surface area contributed by atoms with Crippen molar-refractivity contribution in [1.29, 1.82) is 0 Å². The van der Waals surface area contributed by atoms with E-state index in [9.17, 15) is 17.6 Å². The molecule has 1 aliphatic rings. The van der Waals surface area contributed by atoms with Crippen LogP contribution >= 0.6 is 11.6 Å². The van der Waals surface area contributed by atoms with E-state index < -0.39 is 15.8 Å². The van der Waals surface area contributed by atoms with E-state index in [-0.39, 0.29) is 27.8 Å². The number of nitrogens with zero attached hydrogens (tertiary/aromatic N) is 2. The summed E-state index contributed by atoms with van der Waals surface area (Å²) in [4.78, 5) is 14.4. The normalized spacial score (nSPS) is 14.0. The quantitative estimate of drug-likeness (QED) is 0.798. The van der Waals surface area contributed by atoms with Gasteiger partial charge in [-0.25, -0.2) is 17.1 Å². The molecule has 0 fully saturated rings. The average molecular weight is 397 g/mol. The van der Waals surface area contributed by atoms with Gasteiger partial charge < -0.3 is 4.90 Å². The van der Waals surface area contributed by atoms with Crippen LogP contribution in [0.2, 0.25) is 5.02 Å². The molecule has 2 aromatic carbocycles. The highest BCUT2D eigenvalue weighted by Gasteiger charge is 2.27. The van der Waals surface area contributed by atoms with Crippen LogP contribution in [0.1, 0.15) is 11.1 Å². The van der Waals surface area contributed by atoms with Crippen molar-refractivity contribution in [2.45, 2.75) is 17.7 Å². The molecular formula is C18H18ClFN2O3S. The van der Waals surface area contributed by atoms with Crippen molar-refractivity contribution in [3.8, 4) is 0 Å². The maximum atomic E-state index is 13.9. The smallest absolute Gasteiger partial charge is 0.242 e. The fraction of sp³-hybridized carbons (Fsp3) is 0.278. The first-order valence-corrected chi connectivity index (χ1v) is 9.81. The number of amides is 1. The van der Waals surface area contributed by atoms with Gasteiger partial charge in [0, 0.05) is 31.4 Å². The highest BCUT2D eigenvalue weighted by atomic mass is 35.5. The lowest BCUT2D eigenvalue weighted by atomic mass is 10.1. The summed E-state index contributed by atoms with van der Waals surface area (Å²) in [6, 6.07) is 8.95. The van der Waals surface area contributed by atoms with Crippen LogP contribution in [0.15, 0.2) is 41.3 Å². The lowest BCUT2D eigenvalue weighted by Gasteiger charge is -2.18. The first-order valence-electron chi connectivity index (χ1n) is 8.00. The molecule has 5 nitrogen and oxygen atoms in total. The maximum absolute atomic E-state index is 13.9. The Labute approximate surface area is 157 Å². The van der Waals surface area contributed by atoms with E-state index in [0.717, 1.165) is 9.87 Å². The van der Waals surface area contributed by atoms with Gasteiger partial charge in [0.05, 0.1) is 11.3 Å². The lowest BCUT2D eigenvalue weighted by Crippen LogP contribution is -2.30. The van der Waals surface area contributed by atoms with Gasteiger partial charge in [0.1, 0.15) is 5.82 Å². The standard InChI is InChI=1S/C18H18ClFN2O3S/c1-21(2)26(24,25)15-5-6-17-13(9-15)7-8-22(17)18(23)10-12-3-4-14(19)11-16(12)20/h3-6,9,11H,7-8,10H2,1-2H3. The minimum absolute atomic E-state index is 0.0831. The predicted molar refractivity (Wildman–Crippen MR) is 98.5 cm³/mol. The molecule has 0 saturated carbocycles. The fourth-order valence-corrected chi connectivity index (χ4v) is 4.04. The van der Waals surface area contributed by atoms with Gasteiger partial charge in [0.2, 0.25) is 15.9 Å². The zero-order chi connectivity index (χ0) is 19.1. The molecule has 0 radical (unpaired) electrons. The number of anilines is 1. The molecule has 0 atom stereocenters. The molecule has 26 heavy (non-hydrogen) atoms. The molecule has 0 aromatic heterocycles. The van der Waals surface area contributed by atoms with Crippen molar-refractivity contribution in [2.75, 3.05) is 25.5 Å². The fourth-order valence-electron chi connectivity index (χ4n) is 2.93. The third-order valence-corrected chi connectivity index (χ3v) is 6.43. The number of fused-ring (bicyclic) bond motifs is 1. The van der Waals surface area contributed by atoms with Crippen LogP contribution in [0.5, 0.6) is 0 Å². The zero-order valence-electron chi connectivity index (χ0n) is 14.4. The van der Waals surface area contributed by atoms with Gasteiger partial charge in [-0.15, -0.1) is 0 Å². The van der Waals surface area contributed by atoms with Gasteiger partial charge in [0.25, 0.3) is 0 Å². The number of hydrogen-bond acceptors (Lipinski definition) is 3. The molecule has 1 heterocycles. The molecule has 138 valence electrons. The minimum atomic E-state index is -3.53. The predicted octanol–water partition coefficient (Wildman–Crippen LogP) is 2.86. The Kier molecular flexibility index (Phi) is 5.05. The number of benzene rings is 2. The van der Waals surface area contributed by atoms with E-state index in [1.165, 1.54) is 32.3 Å². The van der Waals surface area contributed by atoms with Gasteiger partial charge in [-0.2, -0.15) is 0 Å². The molecule has 8 heteroatoms. The summed E-state index contributed by atoms with van der Waals surface area (Å²) in [6.07, 6.45) is 0.473. The lowest BCUT2D eigenvalue weighted by molar-refractivity contribution is -0.117. The second kappa shape index (κ2) is 6.98. The van der Waals surface area contributed by atoms with Crippen molar-refractivity contribution in [3.05, 3.63) is 58.4 Å². The number of halogens is 2. The van der Waals surface area contributed by atoms with E-state index in [0.29, 0.717) is 18.7 Å². The van der Waals surface area contributed by atoms with Gasteiger partial charge >= 0.3 is 0 Å². The molecule has 0 spiro atoms. The van der Waals surface area contributed by atoms with Crippen molar-refractivity contribution < 1.29 is 17.6 Å². The van der Waals surface area contributed by atoms with E-state index >= 15 is 0 Å². The monoisotopic (exact) mass is 396 g/mol. The van der Waals surface area contributed by atoms with Crippen LogP contribution < -0.4 is 4.90 Å². The number of hydrogen-bond donors (Lipinski definition) is 0. The summed E-state index contributed by atoms with van der Waals surface area (Å²) >= 11 is 5.73. The Hall–Kier alpha value is -1.96. The van der Waals surface area contributed by atoms with Crippen LogP contribution in [-0.4, -0.2) is 39.3 Å². The molecule has 1 amide bonds. The van der Waals surface area contributed by atoms with Crippen LogP contribution in [0.25, 0.3) is 0 Å². The van der Waals surface area contributed by atoms with E-state index in [4.69, 9.17) is 11.6 Å². The zero-order valence-corrected chi connectivity index (χ0v) is 15.9. The van der Waals surface area contributed by atoms with E-state index in [1.54, 1.807) is 23.1 Å². The highest BCUT2D eigenvalue weighted by molar-refractivity contribution is 7.89. The molecule has 1 aliphatic heterocycles. The van der Waals surface area contributed by atoms with Gasteiger partial charge in [-0.05, 0) is 47.9 Å². The summed E-state index contributed by atoms with van der Waals surface area (Å²) in [6.45, 7) is 0.439. The van der Waals surface area contributed by atoms with Crippen molar-refractivity contribution in [3.63, 3.8) is 0 Å². The van der Waals surface area contributed by atoms with Crippen molar-refractivity contribution in [2.24, 2.45) is 0 Å². The van der Waals surface area contributed by atoms with Crippen LogP contribution in [0, 0.1) is 5.82 Å². The van der Waals surface area contributed by atoms with Crippen LogP contribution in [-0.2, 0) is 27.7 Å². The average Bonchev–Trinajstić information content (AvgIpc) is 3.00. The number of sulfonamides is 1. The SMILES string of the molecule is CN(C)S(=O)(=O)c1ccc2c(c1)CCN2C(=O)Cc1ccc(Cl)cc1F. The summed E-state index contributed by atoms with van der Waals surface area (Å²) in [5.41, 5.74) is 1.74.